The molecular weight excluding hydrogens is 1350 g/mol. The maximum absolute atomic E-state index is 8.25. The van der Waals surface area contributed by atoms with Crippen molar-refractivity contribution < 1.29 is 4.74 Å². The number of aryl methyl sites for hydroxylation is 2. The topological polar surface area (TPSA) is 9.23 Å². The van der Waals surface area contributed by atoms with Gasteiger partial charge in [0.25, 0.3) is 0 Å². The highest BCUT2D eigenvalue weighted by molar-refractivity contribution is 14.1. The molecule has 18 atom stereocenters. The lowest BCUT2D eigenvalue weighted by molar-refractivity contribution is -0.104. The monoisotopic (exact) mass is 1490 g/mol. The summed E-state index contributed by atoms with van der Waals surface area (Å²) in [4.78, 5) is 0. The van der Waals surface area contributed by atoms with E-state index in [0.29, 0.717) is 45.7 Å². The van der Waals surface area contributed by atoms with Gasteiger partial charge in [-0.3, -0.25) is 0 Å². The molecule has 1 nitrogen and oxygen atoms in total. The van der Waals surface area contributed by atoms with Crippen LogP contribution < -0.4 is 0 Å². The van der Waals surface area contributed by atoms with E-state index < -0.39 is 0 Å². The van der Waals surface area contributed by atoms with Crippen LogP contribution in [0.25, 0.3) is 0 Å². The molecule has 2 aromatic rings. The van der Waals surface area contributed by atoms with E-state index in [1.54, 1.807) is 0 Å². The number of benzene rings is 2. The third-order valence-corrected chi connectivity index (χ3v) is 31.1. The minimum atomic E-state index is 0.397. The van der Waals surface area contributed by atoms with Crippen molar-refractivity contribution in [2.24, 2.45) is 105 Å². The minimum absolute atomic E-state index is 0.397. The van der Waals surface area contributed by atoms with Gasteiger partial charge in [-0.25, -0.2) is 0 Å². The van der Waals surface area contributed by atoms with Crippen LogP contribution in [0.4, 0.5) is 0 Å². The predicted octanol–water partition coefficient (Wildman–Crippen LogP) is 28.6. The number of fused-ring (bicyclic) bond motifs is 10. The first-order valence-corrected chi connectivity index (χ1v) is 43.6. The molecule has 0 radical (unpaired) electrons. The maximum atomic E-state index is 8.25. The molecule has 0 aliphatic heterocycles. The van der Waals surface area contributed by atoms with Gasteiger partial charge in [0.1, 0.15) is 0 Å². The lowest BCUT2D eigenvalue weighted by atomic mass is 9.46. The molecule has 8 aliphatic rings. The maximum Gasteiger partial charge on any atom is 0.0610 e. The molecule has 8 aliphatic carbocycles. The van der Waals surface area contributed by atoms with Gasteiger partial charge in [-0.05, 0) is 326 Å². The summed E-state index contributed by atoms with van der Waals surface area (Å²) in [6.45, 7) is 26.3. The van der Waals surface area contributed by atoms with E-state index in [0.717, 1.165) is 71.0 Å². The van der Waals surface area contributed by atoms with Gasteiger partial charge in [-0.1, -0.05) is 258 Å². The van der Waals surface area contributed by atoms with E-state index in [1.165, 1.54) is 301 Å². The Labute approximate surface area is 603 Å². The zero-order valence-electron chi connectivity index (χ0n) is 62.3. The highest BCUT2D eigenvalue weighted by Crippen LogP contribution is 2.70. The fraction of sp³-hybridized carbons (Fsp3) is 0.822. The van der Waals surface area contributed by atoms with Gasteiger partial charge < -0.3 is 4.74 Å². The van der Waals surface area contributed by atoms with Gasteiger partial charge in [0.2, 0.25) is 0 Å². The van der Waals surface area contributed by atoms with E-state index in [4.69, 9.17) is 4.74 Å². The Bertz CT molecular complexity index is 2430. The fourth-order valence-corrected chi connectivity index (χ4v) is 25.5. The second-order valence-corrected chi connectivity index (χ2v) is 39.0. The number of ether oxygens (including phenoxy) is 1. The van der Waals surface area contributed by atoms with Crippen molar-refractivity contribution in [1.29, 1.82) is 0 Å². The lowest BCUT2D eigenvalue weighted by Crippen LogP contribution is -2.51. The Morgan fingerprint density at radius 3 is 1.15 bits per heavy atom. The molecule has 0 spiro atoms. The standard InChI is InChI=1S/C90H144I2O/c1-65(2)33-29-35-67(5)79-49-51-81-77-47-45-73-63-71(53-57-87(73,7)83(77)55-59-89(79,81)9)85(43-27-23-19-15-11-13-17-21-25-37-69-39-31-41-75(91)61-69)93-86(44-28-24-20-16-12-14-18-22-26-38-70-40-32-42-76(92)62-70)72-54-58-88(8)74(64-72)46-48-78-82-52-50-80(68(6)36-30-34-66(3)4)90(82,10)60-56-84(78)88/h31-32,39-42,45-46,61-62,65-68,71-72,77-86H,11-30,33-38,43-44,47-60,63-64H2,1-10H3/t67-,68-,71+,72+,77+,78+,79-,80-,81+,82+,83+,84+,85?,86?,87+,88+,89-,90-/m1/s1. The highest BCUT2D eigenvalue weighted by Gasteiger charge is 2.61. The van der Waals surface area contributed by atoms with Crippen molar-refractivity contribution in [2.75, 3.05) is 0 Å². The summed E-state index contributed by atoms with van der Waals surface area (Å²) in [6, 6.07) is 18.3. The number of hydrogen-bond acceptors (Lipinski definition) is 1. The van der Waals surface area contributed by atoms with Gasteiger partial charge in [0.05, 0.1) is 12.2 Å². The fourth-order valence-electron chi connectivity index (χ4n) is 24.3. The number of unbranched alkanes of at least 4 members (excludes halogenated alkanes) is 16. The molecule has 524 valence electrons. The van der Waals surface area contributed by atoms with Crippen LogP contribution in [0, 0.1) is 112 Å². The van der Waals surface area contributed by atoms with Gasteiger partial charge >= 0.3 is 0 Å². The molecule has 0 amide bonds. The van der Waals surface area contributed by atoms with Crippen LogP contribution in [0.2, 0.25) is 0 Å². The molecule has 6 saturated carbocycles. The number of rotatable bonds is 38. The van der Waals surface area contributed by atoms with Crippen LogP contribution in [0.15, 0.2) is 71.8 Å². The van der Waals surface area contributed by atoms with Crippen molar-refractivity contribution in [3.8, 4) is 0 Å². The number of hydrogen-bond donors (Lipinski definition) is 0. The Kier molecular flexibility index (Phi) is 28.9. The first kappa shape index (κ1) is 75.0. The molecule has 2 aromatic carbocycles. The summed E-state index contributed by atoms with van der Waals surface area (Å²) in [5.74, 6) is 12.2. The molecule has 0 bridgehead atoms. The van der Waals surface area contributed by atoms with Gasteiger partial charge in [-0.2, -0.15) is 0 Å². The number of allylic oxidation sites excluding steroid dienone is 4. The second-order valence-electron chi connectivity index (χ2n) is 36.5. The quantitative estimate of drug-likeness (QED) is 0.0370. The Balaban J connectivity index is 0.805. The molecule has 0 N–H and O–H groups in total. The Morgan fingerprint density at radius 1 is 0.398 bits per heavy atom. The summed E-state index contributed by atoms with van der Waals surface area (Å²) in [6.07, 6.45) is 68.5. The second kappa shape index (κ2) is 35.8. The SMILES string of the molecule is CC(C)CCC[C@@H](C)[C@H]1CC[C@H]2[C@@H]3CC=C4C[C@@H](C(CCCCCCCCCCCc5cccc(I)c5)OC(CCCCCCCCCCCc5cccc(I)c5)[C@H]5CC[C@@]6(C)C(=CC[C@H]7[C@@H]8CC[C@H]([C@H](C)CCCC(C)C)[C@@]8(C)CC[C@@H]76)C5)CC[C@]4(C)[C@H]3CC[C@]12C. The van der Waals surface area contributed by atoms with E-state index in [2.05, 4.69) is 175 Å². The van der Waals surface area contributed by atoms with E-state index in [1.807, 2.05) is 11.1 Å². The molecule has 93 heavy (non-hydrogen) atoms. The van der Waals surface area contributed by atoms with Gasteiger partial charge in [0.15, 0.2) is 0 Å². The van der Waals surface area contributed by atoms with Gasteiger partial charge in [-0.15, -0.1) is 0 Å². The Hall–Kier alpha value is -0.660. The van der Waals surface area contributed by atoms with Crippen LogP contribution in [0.5, 0.6) is 0 Å². The highest BCUT2D eigenvalue weighted by atomic mass is 127. The zero-order chi connectivity index (χ0) is 65.6. The van der Waals surface area contributed by atoms with Crippen molar-refractivity contribution in [3.05, 3.63) is 90.1 Å². The summed E-state index contributed by atoms with van der Waals surface area (Å²) >= 11 is 4.94. The van der Waals surface area contributed by atoms with E-state index >= 15 is 0 Å². The molecule has 3 heteroatoms. The van der Waals surface area contributed by atoms with E-state index in [9.17, 15) is 0 Å². The molecular formula is C90H144I2O. The molecule has 10 rings (SSSR count). The molecule has 0 aromatic heterocycles. The molecule has 6 fully saturated rings. The third kappa shape index (κ3) is 19.1. The lowest BCUT2D eigenvalue weighted by Gasteiger charge is -2.59. The van der Waals surface area contributed by atoms with Crippen LogP contribution in [-0.2, 0) is 17.6 Å². The van der Waals surface area contributed by atoms with Crippen LogP contribution in [0.3, 0.4) is 0 Å². The van der Waals surface area contributed by atoms with Crippen LogP contribution in [-0.4, -0.2) is 12.2 Å². The smallest absolute Gasteiger partial charge is 0.0610 e. The summed E-state index contributed by atoms with van der Waals surface area (Å²) < 4.78 is 11.0. The van der Waals surface area contributed by atoms with Crippen molar-refractivity contribution in [3.63, 3.8) is 0 Å². The molecule has 0 heterocycles. The first-order valence-electron chi connectivity index (χ1n) is 41.4. The summed E-state index contributed by atoms with van der Waals surface area (Å²) in [5.41, 5.74) is 8.77. The average Bonchev–Trinajstić information content (AvgIpc) is 1.71. The van der Waals surface area contributed by atoms with Crippen molar-refractivity contribution in [2.45, 2.75) is 364 Å². The molecule has 0 saturated heterocycles. The minimum Gasteiger partial charge on any atom is -0.374 e. The largest absolute Gasteiger partial charge is 0.374 e. The van der Waals surface area contributed by atoms with Crippen LogP contribution in [0.1, 0.15) is 350 Å². The summed E-state index contributed by atoms with van der Waals surface area (Å²) in [7, 11) is 0. The Morgan fingerprint density at radius 2 is 0.774 bits per heavy atom. The summed E-state index contributed by atoms with van der Waals surface area (Å²) in [5, 5.41) is 0. The number of halogens is 2. The van der Waals surface area contributed by atoms with Crippen LogP contribution >= 0.6 is 45.2 Å². The van der Waals surface area contributed by atoms with E-state index in [-0.39, 0.29) is 0 Å². The zero-order valence-corrected chi connectivity index (χ0v) is 66.6. The third-order valence-electron chi connectivity index (χ3n) is 29.8. The van der Waals surface area contributed by atoms with Gasteiger partial charge in [0, 0.05) is 7.14 Å². The first-order chi connectivity index (χ1) is 44.9. The molecule has 2 unspecified atom stereocenters. The predicted molar refractivity (Wildman–Crippen MR) is 420 cm³/mol. The van der Waals surface area contributed by atoms with Crippen molar-refractivity contribution in [1.82, 2.24) is 0 Å². The average molecular weight is 1500 g/mol. The van der Waals surface area contributed by atoms with Crippen molar-refractivity contribution >= 4 is 45.2 Å². The normalized spacial score (nSPS) is 33.6.